The summed E-state index contributed by atoms with van der Waals surface area (Å²) in [6.45, 7) is 3.57. The lowest BCUT2D eigenvalue weighted by atomic mass is 10.0. The number of fused-ring (bicyclic) bond motifs is 1. The molecule has 0 bridgehead atoms. The summed E-state index contributed by atoms with van der Waals surface area (Å²) in [6.07, 6.45) is 6.22. The summed E-state index contributed by atoms with van der Waals surface area (Å²) in [5, 5.41) is 18.4. The zero-order valence-electron chi connectivity index (χ0n) is 18.5. The first-order chi connectivity index (χ1) is 16.1. The number of nitrogens with zero attached hydrogens (tertiary/aromatic N) is 4. The molecule has 33 heavy (non-hydrogen) atoms. The van der Waals surface area contributed by atoms with Gasteiger partial charge in [-0.15, -0.1) is 0 Å². The first kappa shape index (κ1) is 21.4. The van der Waals surface area contributed by atoms with E-state index in [0.717, 1.165) is 34.4 Å². The highest BCUT2D eigenvalue weighted by molar-refractivity contribution is 5.95. The lowest BCUT2D eigenvalue weighted by Crippen LogP contribution is -2.48. The van der Waals surface area contributed by atoms with E-state index in [4.69, 9.17) is 4.74 Å². The van der Waals surface area contributed by atoms with Crippen LogP contribution in [-0.2, 0) is 17.7 Å². The highest BCUT2D eigenvalue weighted by Crippen LogP contribution is 2.24. The van der Waals surface area contributed by atoms with E-state index < -0.39 is 6.10 Å². The van der Waals surface area contributed by atoms with Crippen LogP contribution < -0.4 is 5.32 Å². The molecule has 4 aromatic rings. The van der Waals surface area contributed by atoms with Crippen molar-refractivity contribution in [2.24, 2.45) is 0 Å². The first-order valence-corrected chi connectivity index (χ1v) is 11.3. The maximum Gasteiger partial charge on any atom is 0.270 e. The fourth-order valence-electron chi connectivity index (χ4n) is 4.29. The van der Waals surface area contributed by atoms with Crippen LogP contribution in [0, 0.1) is 0 Å². The van der Waals surface area contributed by atoms with Gasteiger partial charge in [-0.25, -0.2) is 9.67 Å². The lowest BCUT2D eigenvalue weighted by Gasteiger charge is -2.28. The number of benzene rings is 1. The third kappa shape index (κ3) is 4.40. The minimum atomic E-state index is -0.710. The van der Waals surface area contributed by atoms with Crippen molar-refractivity contribution >= 4 is 16.9 Å². The van der Waals surface area contributed by atoms with E-state index in [1.807, 2.05) is 45.9 Å². The molecule has 0 saturated carbocycles. The van der Waals surface area contributed by atoms with Gasteiger partial charge in [0.2, 0.25) is 0 Å². The van der Waals surface area contributed by atoms with Crippen molar-refractivity contribution in [1.82, 2.24) is 24.6 Å². The van der Waals surface area contributed by atoms with Gasteiger partial charge < -0.3 is 19.7 Å². The zero-order chi connectivity index (χ0) is 22.8. The van der Waals surface area contributed by atoms with Crippen LogP contribution in [0.15, 0.2) is 61.1 Å². The molecule has 5 rings (SSSR count). The van der Waals surface area contributed by atoms with Crippen LogP contribution in [0.5, 0.6) is 0 Å². The highest BCUT2D eigenvalue weighted by atomic mass is 16.5. The van der Waals surface area contributed by atoms with Gasteiger partial charge in [0.15, 0.2) is 0 Å². The molecule has 0 spiro atoms. The molecule has 0 unspecified atom stereocenters. The molecule has 8 heteroatoms. The van der Waals surface area contributed by atoms with E-state index in [1.165, 1.54) is 0 Å². The van der Waals surface area contributed by atoms with Crippen molar-refractivity contribution in [2.45, 2.75) is 38.5 Å². The van der Waals surface area contributed by atoms with E-state index in [2.05, 4.69) is 40.5 Å². The van der Waals surface area contributed by atoms with Gasteiger partial charge in [-0.05, 0) is 61.2 Å². The van der Waals surface area contributed by atoms with Gasteiger partial charge in [0.05, 0.1) is 24.4 Å². The smallest absolute Gasteiger partial charge is 0.270 e. The summed E-state index contributed by atoms with van der Waals surface area (Å²) in [5.74, 6) is -0.276. The highest BCUT2D eigenvalue weighted by Gasteiger charge is 2.26. The number of carbonyl (C=O) groups excluding carboxylic acids is 1. The van der Waals surface area contributed by atoms with Gasteiger partial charge in [-0.2, -0.15) is 5.10 Å². The molecule has 0 aliphatic carbocycles. The Hall–Kier alpha value is -3.49. The number of hydrogen-bond donors (Lipinski definition) is 2. The summed E-state index contributed by atoms with van der Waals surface area (Å²) in [4.78, 5) is 17.7. The molecule has 0 radical (unpaired) electrons. The molecule has 8 nitrogen and oxygen atoms in total. The maximum atomic E-state index is 13.1. The van der Waals surface area contributed by atoms with E-state index in [0.29, 0.717) is 25.1 Å². The molecule has 1 aliphatic rings. The number of carbonyl (C=O) groups is 1. The molecule has 170 valence electrons. The van der Waals surface area contributed by atoms with Gasteiger partial charge in [-0.3, -0.25) is 4.79 Å². The van der Waals surface area contributed by atoms with Gasteiger partial charge in [0.1, 0.15) is 11.3 Å². The molecule has 1 aromatic carbocycles. The van der Waals surface area contributed by atoms with Gasteiger partial charge >= 0.3 is 0 Å². The van der Waals surface area contributed by atoms with Crippen LogP contribution in [0.3, 0.4) is 0 Å². The van der Waals surface area contributed by atoms with Crippen LogP contribution in [0.1, 0.15) is 35.0 Å². The maximum absolute atomic E-state index is 13.1. The Kier molecular flexibility index (Phi) is 5.93. The summed E-state index contributed by atoms with van der Waals surface area (Å²) in [5.41, 5.74) is 4.32. The van der Waals surface area contributed by atoms with Crippen LogP contribution in [0.2, 0.25) is 0 Å². The van der Waals surface area contributed by atoms with Crippen LogP contribution in [-0.4, -0.2) is 55.7 Å². The fourth-order valence-corrected chi connectivity index (χ4v) is 4.29. The Balaban J connectivity index is 1.45. The van der Waals surface area contributed by atoms with E-state index >= 15 is 0 Å². The van der Waals surface area contributed by atoms with Crippen molar-refractivity contribution in [1.29, 1.82) is 0 Å². The number of nitrogens with one attached hydrogen (secondary N) is 1. The topological polar surface area (TPSA) is 94.2 Å². The normalized spacial score (nSPS) is 18.5. The summed E-state index contributed by atoms with van der Waals surface area (Å²) >= 11 is 0. The third-order valence-electron chi connectivity index (χ3n) is 6.13. The second-order valence-electron chi connectivity index (χ2n) is 8.31. The molecule has 1 saturated heterocycles. The molecule has 2 N–H and O–H groups in total. The number of pyridine rings is 1. The van der Waals surface area contributed by atoms with Gasteiger partial charge in [0.25, 0.3) is 5.91 Å². The van der Waals surface area contributed by atoms with Gasteiger partial charge in [0, 0.05) is 37.1 Å². The first-order valence-electron chi connectivity index (χ1n) is 11.3. The monoisotopic (exact) mass is 445 g/mol. The summed E-state index contributed by atoms with van der Waals surface area (Å²) in [6, 6.07) is 13.7. The Bertz CT molecular complexity index is 1250. The molecule has 1 fully saturated rings. The molecule has 2 atom stereocenters. The molecular formula is C25H27N5O3. The fraction of sp³-hybridized carbons (Fsp3) is 0.320. The molecule has 1 aliphatic heterocycles. The Labute approximate surface area is 191 Å². The van der Waals surface area contributed by atoms with E-state index in [9.17, 15) is 9.90 Å². The zero-order valence-corrected chi connectivity index (χ0v) is 18.5. The van der Waals surface area contributed by atoms with Crippen LogP contribution >= 0.6 is 0 Å². The summed E-state index contributed by atoms with van der Waals surface area (Å²) < 4.78 is 9.13. The average Bonchev–Trinajstić information content (AvgIpc) is 3.51. The second-order valence-corrected chi connectivity index (χ2v) is 8.31. The minimum Gasteiger partial charge on any atom is -0.389 e. The number of aliphatic hydroxyl groups excluding tert-OH is 1. The number of ether oxygens (including phenoxy) is 1. The third-order valence-corrected chi connectivity index (χ3v) is 6.13. The second kappa shape index (κ2) is 9.17. The molecule has 3 aromatic heterocycles. The van der Waals surface area contributed by atoms with Crippen molar-refractivity contribution < 1.29 is 14.6 Å². The summed E-state index contributed by atoms with van der Waals surface area (Å²) in [7, 11) is 0. The van der Waals surface area contributed by atoms with E-state index in [-0.39, 0.29) is 18.6 Å². The average molecular weight is 446 g/mol. The molecule has 1 amide bonds. The number of aliphatic hydroxyl groups is 1. The minimum absolute atomic E-state index is 0.232. The van der Waals surface area contributed by atoms with Crippen molar-refractivity contribution in [3.05, 3.63) is 77.9 Å². The predicted octanol–water partition coefficient (Wildman–Crippen LogP) is 2.71. The van der Waals surface area contributed by atoms with Crippen LogP contribution in [0.25, 0.3) is 16.7 Å². The lowest BCUT2D eigenvalue weighted by molar-refractivity contribution is -0.0261. The SMILES string of the molecule is CCn1ccc2c(Cc3ccc(-n4cccn4)cc3)cc(C(=O)N[C@H]3CCOC[C@@H]3O)nc21. The molecular weight excluding hydrogens is 418 g/mol. The Morgan fingerprint density at radius 1 is 1.24 bits per heavy atom. The quantitative estimate of drug-likeness (QED) is 0.476. The molecule has 4 heterocycles. The van der Waals surface area contributed by atoms with Crippen molar-refractivity contribution in [3.63, 3.8) is 0 Å². The van der Waals surface area contributed by atoms with Crippen LogP contribution in [0.4, 0.5) is 0 Å². The standard InChI is InChI=1S/C25H27N5O3/c1-2-29-12-8-20-18(14-17-4-6-19(7-5-17)30-11-3-10-26-30)15-22(27-24(20)29)25(32)28-21-9-13-33-16-23(21)31/h3-8,10-12,15,21,23,31H,2,9,13-14,16H2,1H3,(H,28,32)/t21-,23-/m0/s1. The predicted molar refractivity (Wildman–Crippen MR) is 124 cm³/mol. The number of hydrogen-bond acceptors (Lipinski definition) is 5. The van der Waals surface area contributed by atoms with Gasteiger partial charge in [-0.1, -0.05) is 12.1 Å². The van der Waals surface area contributed by atoms with Crippen molar-refractivity contribution in [3.8, 4) is 5.69 Å². The Morgan fingerprint density at radius 2 is 2.09 bits per heavy atom. The van der Waals surface area contributed by atoms with E-state index in [1.54, 1.807) is 6.20 Å². The number of aryl methyl sites for hydroxylation is 1. The number of rotatable bonds is 6. The number of aromatic nitrogens is 4. The Morgan fingerprint density at radius 3 is 2.82 bits per heavy atom. The number of amides is 1. The largest absolute Gasteiger partial charge is 0.389 e. The van der Waals surface area contributed by atoms with Crippen molar-refractivity contribution in [2.75, 3.05) is 13.2 Å².